The summed E-state index contributed by atoms with van der Waals surface area (Å²) < 4.78 is 41.4. The van der Waals surface area contributed by atoms with Crippen LogP contribution in [0.15, 0.2) is 40.9 Å². The molecule has 0 amide bonds. The second kappa shape index (κ2) is 9.53. The van der Waals surface area contributed by atoms with Crippen LogP contribution >= 0.6 is 0 Å². The Morgan fingerprint density at radius 2 is 1.96 bits per heavy atom. The Bertz CT molecular complexity index is 700. The number of ether oxygens (including phenoxy) is 2. The van der Waals surface area contributed by atoms with Crippen molar-refractivity contribution in [1.29, 1.82) is 0 Å². The van der Waals surface area contributed by atoms with Gasteiger partial charge in [0, 0.05) is 31.7 Å². The van der Waals surface area contributed by atoms with E-state index in [-0.39, 0.29) is 18.9 Å². The Labute approximate surface area is 142 Å². The number of methoxy groups -OCH3 is 1. The zero-order chi connectivity index (χ0) is 17.3. The summed E-state index contributed by atoms with van der Waals surface area (Å²) in [6.45, 7) is 1.23. The Hall–Kier alpha value is -1.74. The highest BCUT2D eigenvalue weighted by atomic mass is 32.2. The molecule has 0 atom stereocenters. The fourth-order valence-corrected chi connectivity index (χ4v) is 2.88. The van der Waals surface area contributed by atoms with E-state index in [4.69, 9.17) is 14.0 Å². The molecule has 0 unspecified atom stereocenters. The average molecular weight is 354 g/mol. The van der Waals surface area contributed by atoms with Gasteiger partial charge in [0.1, 0.15) is 0 Å². The van der Waals surface area contributed by atoms with Crippen LogP contribution in [0, 0.1) is 0 Å². The number of nitrogens with zero attached hydrogens (tertiary/aromatic N) is 1. The highest BCUT2D eigenvalue weighted by molar-refractivity contribution is 7.89. The highest BCUT2D eigenvalue weighted by Gasteiger charge is 2.11. The van der Waals surface area contributed by atoms with Gasteiger partial charge in [0.2, 0.25) is 10.0 Å². The summed E-state index contributed by atoms with van der Waals surface area (Å²) >= 11 is 0. The van der Waals surface area contributed by atoms with Gasteiger partial charge in [-0.3, -0.25) is 0 Å². The smallest absolute Gasteiger partial charge is 0.213 e. The Morgan fingerprint density at radius 3 is 2.71 bits per heavy atom. The minimum Gasteiger partial charge on any atom is -0.382 e. The fraction of sp³-hybridized carbons (Fsp3) is 0.438. The van der Waals surface area contributed by atoms with Crippen molar-refractivity contribution in [3.63, 3.8) is 0 Å². The normalized spacial score (nSPS) is 11.7. The van der Waals surface area contributed by atoms with Gasteiger partial charge in [-0.25, -0.2) is 13.1 Å². The van der Waals surface area contributed by atoms with E-state index in [1.165, 1.54) is 0 Å². The molecule has 1 N–H and O–H groups in total. The molecule has 8 heteroatoms. The van der Waals surface area contributed by atoms with E-state index in [0.29, 0.717) is 31.1 Å². The zero-order valence-electron chi connectivity index (χ0n) is 13.6. The van der Waals surface area contributed by atoms with Crippen LogP contribution in [-0.4, -0.2) is 52.8 Å². The maximum atomic E-state index is 11.8. The zero-order valence-corrected chi connectivity index (χ0v) is 14.4. The van der Waals surface area contributed by atoms with Crippen LogP contribution in [0.25, 0.3) is 11.3 Å². The molecule has 0 saturated carbocycles. The molecule has 0 aliphatic carbocycles. The van der Waals surface area contributed by atoms with Gasteiger partial charge >= 0.3 is 0 Å². The van der Waals surface area contributed by atoms with Gasteiger partial charge in [-0.15, -0.1) is 0 Å². The molecule has 0 aliphatic heterocycles. The van der Waals surface area contributed by atoms with Gasteiger partial charge in [-0.2, -0.15) is 0 Å². The first-order valence-electron chi connectivity index (χ1n) is 7.66. The molecule has 0 spiro atoms. The van der Waals surface area contributed by atoms with Crippen LogP contribution in [0.3, 0.4) is 0 Å². The molecule has 0 bridgehead atoms. The van der Waals surface area contributed by atoms with E-state index in [0.717, 1.165) is 5.56 Å². The van der Waals surface area contributed by atoms with Crippen LogP contribution in [0.4, 0.5) is 0 Å². The summed E-state index contributed by atoms with van der Waals surface area (Å²) in [6, 6.07) is 11.4. The first-order chi connectivity index (χ1) is 11.6. The van der Waals surface area contributed by atoms with Crippen molar-refractivity contribution >= 4 is 10.0 Å². The summed E-state index contributed by atoms with van der Waals surface area (Å²) in [7, 11) is -1.79. The molecule has 0 aliphatic rings. The third-order valence-corrected chi connectivity index (χ3v) is 4.60. The Morgan fingerprint density at radius 1 is 1.17 bits per heavy atom. The third kappa shape index (κ3) is 6.40. The van der Waals surface area contributed by atoms with E-state index in [2.05, 4.69) is 9.88 Å². The molecule has 2 aromatic rings. The second-order valence-corrected chi connectivity index (χ2v) is 7.04. The number of sulfonamides is 1. The van der Waals surface area contributed by atoms with Crippen molar-refractivity contribution in [3.05, 3.63) is 42.1 Å². The predicted molar refractivity (Wildman–Crippen MR) is 90.1 cm³/mol. The SMILES string of the molecule is COCCOCCS(=O)(=O)NCCc1cc(-c2ccccc2)on1. The average Bonchev–Trinajstić information content (AvgIpc) is 3.04. The lowest BCUT2D eigenvalue weighted by Gasteiger charge is -2.06. The van der Waals surface area contributed by atoms with E-state index in [1.54, 1.807) is 7.11 Å². The summed E-state index contributed by atoms with van der Waals surface area (Å²) in [5.74, 6) is 0.588. The van der Waals surface area contributed by atoms with E-state index in [1.807, 2.05) is 36.4 Å². The lowest BCUT2D eigenvalue weighted by molar-refractivity contribution is 0.0784. The molecule has 2 rings (SSSR count). The molecule has 0 fully saturated rings. The number of hydrogen-bond donors (Lipinski definition) is 1. The van der Waals surface area contributed by atoms with Crippen molar-refractivity contribution in [2.45, 2.75) is 6.42 Å². The van der Waals surface area contributed by atoms with Crippen molar-refractivity contribution in [1.82, 2.24) is 9.88 Å². The molecule has 1 heterocycles. The van der Waals surface area contributed by atoms with Gasteiger partial charge in [0.25, 0.3) is 0 Å². The monoisotopic (exact) mass is 354 g/mol. The number of rotatable bonds is 11. The second-order valence-electron chi connectivity index (χ2n) is 5.12. The van der Waals surface area contributed by atoms with Crippen molar-refractivity contribution in [3.8, 4) is 11.3 Å². The molecule has 0 saturated heterocycles. The van der Waals surface area contributed by atoms with Gasteiger partial charge in [-0.05, 0) is 0 Å². The highest BCUT2D eigenvalue weighted by Crippen LogP contribution is 2.19. The fourth-order valence-electron chi connectivity index (χ4n) is 1.99. The first-order valence-corrected chi connectivity index (χ1v) is 9.31. The quantitative estimate of drug-likeness (QED) is 0.615. The number of aromatic nitrogens is 1. The van der Waals surface area contributed by atoms with E-state index in [9.17, 15) is 8.42 Å². The third-order valence-electron chi connectivity index (χ3n) is 3.25. The molecular weight excluding hydrogens is 332 g/mol. The Kier molecular flexibility index (Phi) is 7.38. The predicted octanol–water partition coefficient (Wildman–Crippen LogP) is 1.47. The topological polar surface area (TPSA) is 90.7 Å². The lowest BCUT2D eigenvalue weighted by atomic mass is 10.1. The first kappa shape index (κ1) is 18.6. The molecule has 1 aromatic heterocycles. The van der Waals surface area contributed by atoms with Gasteiger partial charge in [-0.1, -0.05) is 35.5 Å². The number of hydrogen-bond acceptors (Lipinski definition) is 6. The van der Waals surface area contributed by atoms with E-state index >= 15 is 0 Å². The maximum absolute atomic E-state index is 11.8. The van der Waals surface area contributed by atoms with Crippen molar-refractivity contribution in [2.24, 2.45) is 0 Å². The van der Waals surface area contributed by atoms with Crippen LogP contribution < -0.4 is 4.72 Å². The molecular formula is C16H22N2O5S. The summed E-state index contributed by atoms with van der Waals surface area (Å²) in [4.78, 5) is 0. The largest absolute Gasteiger partial charge is 0.382 e. The standard InChI is InChI=1S/C16H22N2O5S/c1-21-9-10-22-11-12-24(19,20)17-8-7-15-13-16(23-18-15)14-5-3-2-4-6-14/h2-6,13,17H,7-12H2,1H3. The van der Waals surface area contributed by atoms with Gasteiger partial charge < -0.3 is 14.0 Å². The minimum absolute atomic E-state index is 0.0786. The number of nitrogens with one attached hydrogen (secondary N) is 1. The van der Waals surface area contributed by atoms with Gasteiger partial charge in [0.15, 0.2) is 5.76 Å². The molecule has 1 aromatic carbocycles. The number of benzene rings is 1. The molecule has 24 heavy (non-hydrogen) atoms. The summed E-state index contributed by atoms with van der Waals surface area (Å²) in [6.07, 6.45) is 0.458. The van der Waals surface area contributed by atoms with Crippen molar-refractivity contribution in [2.75, 3.05) is 39.2 Å². The Balaban J connectivity index is 1.73. The maximum Gasteiger partial charge on any atom is 0.213 e. The minimum atomic E-state index is -3.36. The van der Waals surface area contributed by atoms with Gasteiger partial charge in [0.05, 0.1) is 31.3 Å². The van der Waals surface area contributed by atoms with E-state index < -0.39 is 10.0 Å². The van der Waals surface area contributed by atoms with Crippen LogP contribution in [0.2, 0.25) is 0 Å². The van der Waals surface area contributed by atoms with Crippen LogP contribution in [0.1, 0.15) is 5.69 Å². The van der Waals surface area contributed by atoms with Crippen LogP contribution in [0.5, 0.6) is 0 Å². The molecule has 132 valence electrons. The van der Waals surface area contributed by atoms with Crippen molar-refractivity contribution < 1.29 is 22.4 Å². The summed E-state index contributed by atoms with van der Waals surface area (Å²) in [5, 5.41) is 3.96. The van der Waals surface area contributed by atoms with Crippen LogP contribution in [-0.2, 0) is 25.9 Å². The lowest BCUT2D eigenvalue weighted by Crippen LogP contribution is -2.30. The molecule has 0 radical (unpaired) electrons. The molecule has 7 nitrogen and oxygen atoms in total. The summed E-state index contributed by atoms with van der Waals surface area (Å²) in [5.41, 5.74) is 1.64.